The Morgan fingerprint density at radius 1 is 1.22 bits per heavy atom. The summed E-state index contributed by atoms with van der Waals surface area (Å²) in [5.74, 6) is 0.0681. The Balaban J connectivity index is 1.93. The van der Waals surface area contributed by atoms with Gasteiger partial charge in [-0.25, -0.2) is 0 Å². The van der Waals surface area contributed by atoms with Gasteiger partial charge in [0.1, 0.15) is 0 Å². The van der Waals surface area contributed by atoms with Crippen LogP contribution in [0.25, 0.3) is 10.4 Å². The Morgan fingerprint density at radius 3 is 2.72 bits per heavy atom. The summed E-state index contributed by atoms with van der Waals surface area (Å²) >= 11 is 1.80. The normalized spacial score (nSPS) is 12.0. The van der Waals surface area contributed by atoms with Crippen LogP contribution in [0.5, 0.6) is 0 Å². The molecule has 2 rings (SSSR count). The van der Waals surface area contributed by atoms with Gasteiger partial charge in [-0.3, -0.25) is 0 Å². The van der Waals surface area contributed by atoms with Gasteiger partial charge < -0.3 is 5.32 Å². The standard InChI is InChI=1S/C15H16N2S/c1-12(9-16)10-17-11-14-7-8-15(18-14)13-5-3-2-4-6-13/h2-8,12,17H,10-11H2,1H3. The monoisotopic (exact) mass is 256 g/mol. The number of nitrogens with zero attached hydrogens (tertiary/aromatic N) is 1. The third-order valence-corrected chi connectivity index (χ3v) is 3.82. The molecular formula is C15H16N2S. The van der Waals surface area contributed by atoms with Crippen molar-refractivity contribution in [2.75, 3.05) is 6.54 Å². The van der Waals surface area contributed by atoms with E-state index in [1.807, 2.05) is 13.0 Å². The van der Waals surface area contributed by atoms with Crippen LogP contribution in [0.1, 0.15) is 11.8 Å². The number of hydrogen-bond donors (Lipinski definition) is 1. The van der Waals surface area contributed by atoms with E-state index in [0.29, 0.717) is 0 Å². The fraction of sp³-hybridized carbons (Fsp3) is 0.267. The maximum absolute atomic E-state index is 8.70. The van der Waals surface area contributed by atoms with Crippen LogP contribution in [0.15, 0.2) is 42.5 Å². The molecule has 1 aromatic heterocycles. The van der Waals surface area contributed by atoms with Crippen LogP contribution in [-0.4, -0.2) is 6.54 Å². The van der Waals surface area contributed by atoms with Gasteiger partial charge >= 0.3 is 0 Å². The van der Waals surface area contributed by atoms with Crippen LogP contribution < -0.4 is 5.32 Å². The molecule has 0 bridgehead atoms. The molecule has 2 aromatic rings. The van der Waals surface area contributed by atoms with E-state index in [0.717, 1.165) is 13.1 Å². The topological polar surface area (TPSA) is 35.8 Å². The average molecular weight is 256 g/mol. The minimum atomic E-state index is 0.0681. The van der Waals surface area contributed by atoms with Crippen molar-refractivity contribution in [3.63, 3.8) is 0 Å². The molecule has 1 N–H and O–H groups in total. The first-order valence-corrected chi connectivity index (χ1v) is 6.85. The summed E-state index contributed by atoms with van der Waals surface area (Å²) in [6.07, 6.45) is 0. The summed E-state index contributed by atoms with van der Waals surface area (Å²) in [5.41, 5.74) is 1.26. The van der Waals surface area contributed by atoms with E-state index in [-0.39, 0.29) is 5.92 Å². The Morgan fingerprint density at radius 2 is 2.00 bits per heavy atom. The molecule has 0 spiro atoms. The molecule has 1 atom stereocenters. The third kappa shape index (κ3) is 3.43. The van der Waals surface area contributed by atoms with Gasteiger partial charge in [-0.15, -0.1) is 11.3 Å². The molecule has 1 unspecified atom stereocenters. The molecule has 1 aromatic carbocycles. The Kier molecular flexibility index (Phi) is 4.52. The van der Waals surface area contributed by atoms with Gasteiger partial charge in [0, 0.05) is 22.8 Å². The van der Waals surface area contributed by atoms with Gasteiger partial charge in [-0.1, -0.05) is 30.3 Å². The molecule has 0 amide bonds. The van der Waals surface area contributed by atoms with Crippen molar-refractivity contribution in [1.82, 2.24) is 5.32 Å². The largest absolute Gasteiger partial charge is 0.311 e. The molecule has 3 heteroatoms. The zero-order chi connectivity index (χ0) is 12.8. The highest BCUT2D eigenvalue weighted by atomic mass is 32.1. The summed E-state index contributed by atoms with van der Waals surface area (Å²) in [6, 6.07) is 16.9. The lowest BCUT2D eigenvalue weighted by Gasteiger charge is -2.03. The van der Waals surface area contributed by atoms with E-state index < -0.39 is 0 Å². The van der Waals surface area contributed by atoms with Gasteiger partial charge in [0.05, 0.1) is 12.0 Å². The predicted molar refractivity (Wildman–Crippen MR) is 76.2 cm³/mol. The van der Waals surface area contributed by atoms with E-state index >= 15 is 0 Å². The summed E-state index contributed by atoms with van der Waals surface area (Å²) in [4.78, 5) is 2.60. The quantitative estimate of drug-likeness (QED) is 0.886. The molecule has 0 saturated heterocycles. The summed E-state index contributed by atoms with van der Waals surface area (Å²) < 4.78 is 0. The molecule has 0 aliphatic heterocycles. The van der Waals surface area contributed by atoms with E-state index in [4.69, 9.17) is 5.26 Å². The minimum Gasteiger partial charge on any atom is -0.311 e. The number of benzene rings is 1. The number of hydrogen-bond acceptors (Lipinski definition) is 3. The van der Waals surface area contributed by atoms with Crippen molar-refractivity contribution >= 4 is 11.3 Å². The molecule has 0 aliphatic rings. The van der Waals surface area contributed by atoms with E-state index in [1.165, 1.54) is 15.3 Å². The van der Waals surface area contributed by atoms with E-state index in [2.05, 4.69) is 47.8 Å². The molecule has 0 aliphatic carbocycles. The van der Waals surface area contributed by atoms with Crippen LogP contribution >= 0.6 is 11.3 Å². The maximum Gasteiger partial charge on any atom is 0.0666 e. The van der Waals surface area contributed by atoms with Gasteiger partial charge in [0.15, 0.2) is 0 Å². The van der Waals surface area contributed by atoms with Crippen molar-refractivity contribution < 1.29 is 0 Å². The number of rotatable bonds is 5. The van der Waals surface area contributed by atoms with Crippen molar-refractivity contribution in [3.8, 4) is 16.5 Å². The lowest BCUT2D eigenvalue weighted by Crippen LogP contribution is -2.19. The smallest absolute Gasteiger partial charge is 0.0666 e. The van der Waals surface area contributed by atoms with Crippen molar-refractivity contribution in [2.24, 2.45) is 5.92 Å². The highest BCUT2D eigenvalue weighted by molar-refractivity contribution is 7.15. The minimum absolute atomic E-state index is 0.0681. The van der Waals surface area contributed by atoms with Gasteiger partial charge in [-0.2, -0.15) is 5.26 Å². The fourth-order valence-corrected chi connectivity index (χ4v) is 2.67. The van der Waals surface area contributed by atoms with Crippen LogP contribution in [0.2, 0.25) is 0 Å². The summed E-state index contributed by atoms with van der Waals surface area (Å²) in [5, 5.41) is 12.0. The van der Waals surface area contributed by atoms with Gasteiger partial charge in [0.25, 0.3) is 0 Å². The molecule has 0 fully saturated rings. The van der Waals surface area contributed by atoms with Crippen LogP contribution in [0.4, 0.5) is 0 Å². The Bertz CT molecular complexity index is 525. The second kappa shape index (κ2) is 6.34. The first kappa shape index (κ1) is 12.8. The van der Waals surface area contributed by atoms with Crippen molar-refractivity contribution in [1.29, 1.82) is 5.26 Å². The van der Waals surface area contributed by atoms with E-state index in [1.54, 1.807) is 11.3 Å². The zero-order valence-corrected chi connectivity index (χ0v) is 11.2. The first-order valence-electron chi connectivity index (χ1n) is 6.04. The Labute approximate surface area is 112 Å². The summed E-state index contributed by atoms with van der Waals surface area (Å²) in [7, 11) is 0. The van der Waals surface area contributed by atoms with Crippen molar-refractivity contribution in [3.05, 3.63) is 47.3 Å². The number of nitrogens with one attached hydrogen (secondary N) is 1. The van der Waals surface area contributed by atoms with Crippen LogP contribution in [-0.2, 0) is 6.54 Å². The SMILES string of the molecule is CC(C#N)CNCc1ccc(-c2ccccc2)s1. The molecule has 18 heavy (non-hydrogen) atoms. The summed E-state index contributed by atoms with van der Waals surface area (Å²) in [6.45, 7) is 3.51. The third-order valence-electron chi connectivity index (χ3n) is 2.69. The second-order valence-electron chi connectivity index (χ2n) is 4.29. The maximum atomic E-state index is 8.70. The second-order valence-corrected chi connectivity index (χ2v) is 5.46. The van der Waals surface area contributed by atoms with E-state index in [9.17, 15) is 0 Å². The highest BCUT2D eigenvalue weighted by Crippen LogP contribution is 2.27. The molecule has 1 heterocycles. The molecule has 2 nitrogen and oxygen atoms in total. The fourth-order valence-electron chi connectivity index (χ4n) is 1.69. The van der Waals surface area contributed by atoms with Gasteiger partial charge in [0.2, 0.25) is 0 Å². The number of thiophene rings is 1. The van der Waals surface area contributed by atoms with Crippen molar-refractivity contribution in [2.45, 2.75) is 13.5 Å². The lowest BCUT2D eigenvalue weighted by atomic mass is 10.2. The first-order chi connectivity index (χ1) is 8.79. The van der Waals surface area contributed by atoms with Crippen LogP contribution in [0.3, 0.4) is 0 Å². The number of nitriles is 1. The molecule has 0 radical (unpaired) electrons. The highest BCUT2D eigenvalue weighted by Gasteiger charge is 2.03. The zero-order valence-electron chi connectivity index (χ0n) is 10.4. The predicted octanol–water partition coefficient (Wildman–Crippen LogP) is 3.66. The molecule has 0 saturated carbocycles. The Hall–Kier alpha value is -1.63. The van der Waals surface area contributed by atoms with Gasteiger partial charge in [-0.05, 0) is 24.6 Å². The molecule has 92 valence electrons. The lowest BCUT2D eigenvalue weighted by molar-refractivity contribution is 0.605. The van der Waals surface area contributed by atoms with Crippen LogP contribution in [0, 0.1) is 17.2 Å². The average Bonchev–Trinajstić information content (AvgIpc) is 2.88. The molecular weight excluding hydrogens is 240 g/mol.